The van der Waals surface area contributed by atoms with Gasteiger partial charge in [0.2, 0.25) is 10.0 Å². The maximum Gasteiger partial charge on any atom is 0.268 e. The minimum absolute atomic E-state index is 0.0268. The molecule has 120 valence electrons. The first-order valence-corrected chi connectivity index (χ1v) is 8.28. The summed E-state index contributed by atoms with van der Waals surface area (Å²) in [7, 11) is -0.683. The number of aryl methyl sites for hydroxylation is 1. The minimum Gasteiger partial charge on any atom is -0.388 e. The van der Waals surface area contributed by atoms with Crippen molar-refractivity contribution >= 4 is 15.9 Å². The molecule has 0 atom stereocenters. The Kier molecular flexibility index (Phi) is 5.54. The third-order valence-corrected chi connectivity index (χ3v) is 5.07. The molecule has 1 aromatic heterocycles. The third kappa shape index (κ3) is 4.05. The van der Waals surface area contributed by atoms with Crippen LogP contribution in [0.25, 0.3) is 0 Å². The Morgan fingerprint density at radius 3 is 2.43 bits per heavy atom. The van der Waals surface area contributed by atoms with Crippen molar-refractivity contribution in [2.45, 2.75) is 37.2 Å². The van der Waals surface area contributed by atoms with Gasteiger partial charge in [0, 0.05) is 19.8 Å². The summed E-state index contributed by atoms with van der Waals surface area (Å²) in [6.07, 6.45) is 2.42. The van der Waals surface area contributed by atoms with Crippen LogP contribution >= 0.6 is 0 Å². The third-order valence-electron chi connectivity index (χ3n) is 3.69. The zero-order valence-corrected chi connectivity index (χ0v) is 13.6. The fourth-order valence-electron chi connectivity index (χ4n) is 1.86. The lowest BCUT2D eigenvalue weighted by Gasteiger charge is -2.25. The van der Waals surface area contributed by atoms with Crippen LogP contribution in [0.3, 0.4) is 0 Å². The maximum atomic E-state index is 12.1. The number of hydrogen-bond donors (Lipinski definition) is 3. The smallest absolute Gasteiger partial charge is 0.268 e. The zero-order valence-electron chi connectivity index (χ0n) is 12.8. The van der Waals surface area contributed by atoms with E-state index in [1.54, 1.807) is 7.05 Å². The van der Waals surface area contributed by atoms with Gasteiger partial charge in [-0.25, -0.2) is 13.1 Å². The maximum absolute atomic E-state index is 12.1. The highest BCUT2D eigenvalue weighted by Gasteiger charge is 2.24. The lowest BCUT2D eigenvalue weighted by molar-refractivity contribution is 0.0312. The highest BCUT2D eigenvalue weighted by Crippen LogP contribution is 2.15. The minimum atomic E-state index is -3.59. The zero-order chi connectivity index (χ0) is 16.3. The Morgan fingerprint density at radius 1 is 1.38 bits per heavy atom. The summed E-state index contributed by atoms with van der Waals surface area (Å²) < 4.78 is 27.0. The fraction of sp³-hybridized carbons (Fsp3) is 0.615. The molecule has 1 rings (SSSR count). The molecule has 0 radical (unpaired) electrons. The van der Waals surface area contributed by atoms with Crippen molar-refractivity contribution in [3.8, 4) is 0 Å². The van der Waals surface area contributed by atoms with Gasteiger partial charge in [-0.05, 0) is 26.0 Å². The lowest BCUT2D eigenvalue weighted by atomic mass is 9.97. The molecule has 0 aliphatic rings. The number of aromatic nitrogens is 1. The van der Waals surface area contributed by atoms with Crippen LogP contribution < -0.4 is 10.0 Å². The highest BCUT2D eigenvalue weighted by molar-refractivity contribution is 7.89. The predicted molar refractivity (Wildman–Crippen MR) is 79.5 cm³/mol. The van der Waals surface area contributed by atoms with Gasteiger partial charge >= 0.3 is 0 Å². The van der Waals surface area contributed by atoms with E-state index in [1.807, 2.05) is 13.8 Å². The van der Waals surface area contributed by atoms with Crippen molar-refractivity contribution in [3.63, 3.8) is 0 Å². The molecule has 21 heavy (non-hydrogen) atoms. The number of nitrogens with one attached hydrogen (secondary N) is 2. The summed E-state index contributed by atoms with van der Waals surface area (Å²) >= 11 is 0. The monoisotopic (exact) mass is 317 g/mol. The predicted octanol–water partition coefficient (Wildman–Crippen LogP) is 0.214. The largest absolute Gasteiger partial charge is 0.388 e. The molecule has 3 N–H and O–H groups in total. The van der Waals surface area contributed by atoms with Crippen molar-refractivity contribution in [1.29, 1.82) is 0 Å². The molecule has 0 unspecified atom stereocenters. The van der Waals surface area contributed by atoms with Gasteiger partial charge in [0.15, 0.2) is 0 Å². The number of hydrogen-bond acceptors (Lipinski definition) is 4. The van der Waals surface area contributed by atoms with Crippen molar-refractivity contribution < 1.29 is 18.3 Å². The van der Waals surface area contributed by atoms with E-state index in [2.05, 4.69) is 10.0 Å². The summed E-state index contributed by atoms with van der Waals surface area (Å²) in [5.41, 5.74) is -0.723. The fourth-order valence-corrected chi connectivity index (χ4v) is 2.66. The summed E-state index contributed by atoms with van der Waals surface area (Å²) in [6.45, 7) is 3.81. The van der Waals surface area contributed by atoms with Crippen molar-refractivity contribution in [2.75, 3.05) is 13.6 Å². The van der Waals surface area contributed by atoms with Crippen LogP contribution in [0.2, 0.25) is 0 Å². The molecule has 7 nitrogen and oxygen atoms in total. The first-order valence-electron chi connectivity index (χ1n) is 6.79. The first-order chi connectivity index (χ1) is 9.69. The molecule has 0 aliphatic heterocycles. The normalized spacial score (nSPS) is 12.4. The van der Waals surface area contributed by atoms with Gasteiger partial charge in [-0.1, -0.05) is 13.8 Å². The molecule has 0 aromatic carbocycles. The van der Waals surface area contributed by atoms with Gasteiger partial charge in [0.1, 0.15) is 10.6 Å². The number of sulfonamides is 1. The average Bonchev–Trinajstić information content (AvgIpc) is 2.87. The molecule has 1 heterocycles. The van der Waals surface area contributed by atoms with E-state index in [0.717, 1.165) is 0 Å². The van der Waals surface area contributed by atoms with Crippen LogP contribution in [0.1, 0.15) is 37.2 Å². The first kappa shape index (κ1) is 17.7. The van der Waals surface area contributed by atoms with Gasteiger partial charge < -0.3 is 15.0 Å². The number of carbonyl (C=O) groups is 1. The van der Waals surface area contributed by atoms with E-state index in [4.69, 9.17) is 0 Å². The van der Waals surface area contributed by atoms with Gasteiger partial charge in [-0.15, -0.1) is 0 Å². The SMILES string of the molecule is CCC(O)(CC)CNC(=O)c1cc(S(=O)(=O)NC)cn1C. The molecule has 8 heteroatoms. The topological polar surface area (TPSA) is 100 Å². The molecule has 1 aromatic rings. The van der Waals surface area contributed by atoms with Crippen molar-refractivity contribution in [3.05, 3.63) is 18.0 Å². The number of amides is 1. The van der Waals surface area contributed by atoms with Crippen molar-refractivity contribution in [1.82, 2.24) is 14.6 Å². The lowest BCUT2D eigenvalue weighted by Crippen LogP contribution is -2.42. The van der Waals surface area contributed by atoms with Crippen molar-refractivity contribution in [2.24, 2.45) is 7.05 Å². The summed E-state index contributed by atoms with van der Waals surface area (Å²) in [4.78, 5) is 12.1. The number of carbonyl (C=O) groups excluding carboxylic acids is 1. The van der Waals surface area contributed by atoms with Crippen LogP contribution in [0.5, 0.6) is 0 Å². The molecule has 0 spiro atoms. The summed E-state index contributed by atoms with van der Waals surface area (Å²) in [5, 5.41) is 12.8. The Balaban J connectivity index is 2.90. The Hall–Kier alpha value is -1.38. The quantitative estimate of drug-likeness (QED) is 0.669. The van der Waals surface area contributed by atoms with E-state index < -0.39 is 21.5 Å². The summed E-state index contributed by atoms with van der Waals surface area (Å²) in [5.74, 6) is -0.421. The molecule has 0 bridgehead atoms. The van der Waals surface area contributed by atoms with Crippen LogP contribution in [0.4, 0.5) is 0 Å². The standard InChI is InChI=1S/C13H23N3O4S/c1-5-13(18,6-2)9-15-12(17)11-7-10(8-16(11)4)21(19,20)14-3/h7-8,14,18H,5-6,9H2,1-4H3,(H,15,17). The number of nitrogens with zero attached hydrogens (tertiary/aromatic N) is 1. The molecule has 0 saturated carbocycles. The molecule has 0 aliphatic carbocycles. The molecular weight excluding hydrogens is 294 g/mol. The highest BCUT2D eigenvalue weighted by atomic mass is 32.2. The Bertz CT molecular complexity index is 603. The van der Waals surface area contributed by atoms with E-state index in [9.17, 15) is 18.3 Å². The number of rotatable bonds is 7. The molecule has 0 fully saturated rings. The molecule has 1 amide bonds. The van der Waals surface area contributed by atoms with Gasteiger partial charge in [-0.3, -0.25) is 4.79 Å². The Morgan fingerprint density at radius 2 is 1.95 bits per heavy atom. The van der Waals surface area contributed by atoms with Crippen LogP contribution in [0.15, 0.2) is 17.2 Å². The van der Waals surface area contributed by atoms with Gasteiger partial charge in [0.05, 0.1) is 5.60 Å². The van der Waals surface area contributed by atoms with Crippen LogP contribution in [-0.4, -0.2) is 43.2 Å². The summed E-state index contributed by atoms with van der Waals surface area (Å²) in [6, 6.07) is 1.30. The van der Waals surface area contributed by atoms with Crippen LogP contribution in [0, 0.1) is 0 Å². The van der Waals surface area contributed by atoms with E-state index >= 15 is 0 Å². The average molecular weight is 317 g/mol. The van der Waals surface area contributed by atoms with Gasteiger partial charge in [-0.2, -0.15) is 0 Å². The second kappa shape index (κ2) is 6.59. The second-order valence-electron chi connectivity index (χ2n) is 4.99. The Labute approximate surface area is 125 Å². The molecular formula is C13H23N3O4S. The van der Waals surface area contributed by atoms with E-state index in [1.165, 1.54) is 23.9 Å². The van der Waals surface area contributed by atoms with Crippen LogP contribution in [-0.2, 0) is 17.1 Å². The second-order valence-corrected chi connectivity index (χ2v) is 6.88. The van der Waals surface area contributed by atoms with Gasteiger partial charge in [0.25, 0.3) is 5.91 Å². The molecule has 0 saturated heterocycles. The van der Waals surface area contributed by atoms with E-state index in [0.29, 0.717) is 12.8 Å². The number of aliphatic hydroxyl groups is 1. The van der Waals surface area contributed by atoms with E-state index in [-0.39, 0.29) is 17.1 Å².